The van der Waals surface area contributed by atoms with Crippen LogP contribution in [0.15, 0.2) is 18.2 Å². The van der Waals surface area contributed by atoms with Gasteiger partial charge in [0, 0.05) is 19.3 Å². The van der Waals surface area contributed by atoms with E-state index in [1.165, 1.54) is 0 Å². The molecule has 0 bridgehead atoms. The third kappa shape index (κ3) is 3.24. The summed E-state index contributed by atoms with van der Waals surface area (Å²) in [6.45, 7) is 5.50. The number of morpholine rings is 1. The smallest absolute Gasteiger partial charge is 0.322 e. The zero-order chi connectivity index (χ0) is 13.8. The highest BCUT2D eigenvalue weighted by molar-refractivity contribution is 5.91. The third-order valence-corrected chi connectivity index (χ3v) is 3.30. The molecule has 1 unspecified atom stereocenters. The number of nitrogens with zero attached hydrogens (tertiary/aromatic N) is 1. The van der Waals surface area contributed by atoms with Crippen molar-refractivity contribution in [2.24, 2.45) is 0 Å². The second kappa shape index (κ2) is 6.04. The van der Waals surface area contributed by atoms with Gasteiger partial charge in [0.25, 0.3) is 0 Å². The van der Waals surface area contributed by atoms with Gasteiger partial charge in [0.2, 0.25) is 0 Å². The number of aryl methyl sites for hydroxylation is 2. The largest absolute Gasteiger partial charge is 0.354 e. The predicted octanol–water partition coefficient (Wildman–Crippen LogP) is 2.14. The van der Waals surface area contributed by atoms with E-state index in [2.05, 4.69) is 5.32 Å². The maximum Gasteiger partial charge on any atom is 0.322 e. The van der Waals surface area contributed by atoms with E-state index in [9.17, 15) is 4.79 Å². The Morgan fingerprint density at radius 2 is 2.11 bits per heavy atom. The lowest BCUT2D eigenvalue weighted by molar-refractivity contribution is -0.155. The quantitative estimate of drug-likeness (QED) is 0.890. The van der Waals surface area contributed by atoms with Gasteiger partial charge in [-0.25, -0.2) is 4.79 Å². The van der Waals surface area contributed by atoms with E-state index < -0.39 is 0 Å². The molecule has 0 saturated carbocycles. The Labute approximate surface area is 113 Å². The van der Waals surface area contributed by atoms with Crippen LogP contribution in [0, 0.1) is 13.8 Å². The molecule has 5 heteroatoms. The van der Waals surface area contributed by atoms with Crippen molar-refractivity contribution in [2.45, 2.75) is 20.1 Å². The summed E-state index contributed by atoms with van der Waals surface area (Å²) in [4.78, 5) is 13.9. The molecule has 1 N–H and O–H groups in total. The molecule has 2 amide bonds. The number of hydrogen-bond donors (Lipinski definition) is 1. The summed E-state index contributed by atoms with van der Waals surface area (Å²) in [6.07, 6.45) is -0.336. The highest BCUT2D eigenvalue weighted by Crippen LogP contribution is 2.20. The van der Waals surface area contributed by atoms with Gasteiger partial charge in [0.05, 0.1) is 13.2 Å². The van der Waals surface area contributed by atoms with Crippen LogP contribution in [0.3, 0.4) is 0 Å². The number of benzene rings is 1. The number of hydrogen-bond acceptors (Lipinski definition) is 3. The van der Waals surface area contributed by atoms with Crippen LogP contribution in [-0.4, -0.2) is 44.0 Å². The van der Waals surface area contributed by atoms with Crippen LogP contribution in [0.1, 0.15) is 11.1 Å². The second-order valence-corrected chi connectivity index (χ2v) is 4.68. The molecule has 1 aliphatic rings. The van der Waals surface area contributed by atoms with Crippen molar-refractivity contribution in [3.8, 4) is 0 Å². The first-order chi connectivity index (χ1) is 9.11. The topological polar surface area (TPSA) is 50.8 Å². The standard InChI is InChI=1S/C14H20N2O3/c1-10-5-4-6-11(2)13(10)15-14(17)16-7-8-19-12(9-16)18-3/h4-6,12H,7-9H2,1-3H3,(H,15,17). The first-order valence-corrected chi connectivity index (χ1v) is 6.38. The van der Waals surface area contributed by atoms with Crippen molar-refractivity contribution in [3.05, 3.63) is 29.3 Å². The van der Waals surface area contributed by atoms with Gasteiger partial charge in [0.15, 0.2) is 6.29 Å². The summed E-state index contributed by atoms with van der Waals surface area (Å²) in [7, 11) is 1.58. The van der Waals surface area contributed by atoms with Crippen molar-refractivity contribution >= 4 is 11.7 Å². The summed E-state index contributed by atoms with van der Waals surface area (Å²) >= 11 is 0. The van der Waals surface area contributed by atoms with E-state index in [4.69, 9.17) is 9.47 Å². The highest BCUT2D eigenvalue weighted by Gasteiger charge is 2.24. The molecule has 0 spiro atoms. The number of rotatable bonds is 2. The van der Waals surface area contributed by atoms with E-state index in [1.54, 1.807) is 12.0 Å². The Hall–Kier alpha value is -1.59. The summed E-state index contributed by atoms with van der Waals surface area (Å²) in [5.74, 6) is 0. The number of methoxy groups -OCH3 is 1. The van der Waals surface area contributed by atoms with Gasteiger partial charge in [0.1, 0.15) is 0 Å². The van der Waals surface area contributed by atoms with Crippen molar-refractivity contribution in [3.63, 3.8) is 0 Å². The normalized spacial score (nSPS) is 19.3. The van der Waals surface area contributed by atoms with Crippen LogP contribution >= 0.6 is 0 Å². The van der Waals surface area contributed by atoms with E-state index >= 15 is 0 Å². The summed E-state index contributed by atoms with van der Waals surface area (Å²) < 4.78 is 10.5. The molecule has 104 valence electrons. The maximum atomic E-state index is 12.2. The molecule has 1 aromatic carbocycles. The van der Waals surface area contributed by atoms with Gasteiger partial charge in [-0.15, -0.1) is 0 Å². The van der Waals surface area contributed by atoms with Gasteiger partial charge >= 0.3 is 6.03 Å². The molecule has 0 aromatic heterocycles. The minimum absolute atomic E-state index is 0.109. The molecule has 0 radical (unpaired) electrons. The molecule has 1 saturated heterocycles. The number of urea groups is 1. The molecule has 0 aliphatic carbocycles. The van der Waals surface area contributed by atoms with Crippen LogP contribution in [0.25, 0.3) is 0 Å². The fourth-order valence-corrected chi connectivity index (χ4v) is 2.14. The van der Waals surface area contributed by atoms with Crippen molar-refractivity contribution in [1.29, 1.82) is 0 Å². The van der Waals surface area contributed by atoms with Crippen molar-refractivity contribution in [2.75, 3.05) is 32.1 Å². The van der Waals surface area contributed by atoms with E-state index in [-0.39, 0.29) is 12.3 Å². The Morgan fingerprint density at radius 1 is 1.42 bits per heavy atom. The van der Waals surface area contributed by atoms with Gasteiger partial charge in [-0.2, -0.15) is 0 Å². The number of ether oxygens (including phenoxy) is 2. The lowest BCUT2D eigenvalue weighted by Gasteiger charge is -2.32. The van der Waals surface area contributed by atoms with Crippen LogP contribution in [0.5, 0.6) is 0 Å². The summed E-state index contributed by atoms with van der Waals surface area (Å²) in [6, 6.07) is 5.85. The maximum absolute atomic E-state index is 12.2. The monoisotopic (exact) mass is 264 g/mol. The minimum atomic E-state index is -0.336. The zero-order valence-corrected chi connectivity index (χ0v) is 11.6. The summed E-state index contributed by atoms with van der Waals surface area (Å²) in [5, 5.41) is 2.97. The average molecular weight is 264 g/mol. The fraction of sp³-hybridized carbons (Fsp3) is 0.500. The van der Waals surface area contributed by atoms with E-state index in [0.29, 0.717) is 19.7 Å². The van der Waals surface area contributed by atoms with Crippen LogP contribution in [0.4, 0.5) is 10.5 Å². The zero-order valence-electron chi connectivity index (χ0n) is 11.6. The molecule has 2 rings (SSSR count). The van der Waals surface area contributed by atoms with E-state index in [0.717, 1.165) is 16.8 Å². The second-order valence-electron chi connectivity index (χ2n) is 4.68. The highest BCUT2D eigenvalue weighted by atomic mass is 16.7. The van der Waals surface area contributed by atoms with Gasteiger partial charge < -0.3 is 19.7 Å². The van der Waals surface area contributed by atoms with Gasteiger partial charge in [-0.05, 0) is 25.0 Å². The number of anilines is 1. The Balaban J connectivity index is 2.04. The van der Waals surface area contributed by atoms with Gasteiger partial charge in [-0.3, -0.25) is 0 Å². The van der Waals surface area contributed by atoms with Crippen LogP contribution in [0.2, 0.25) is 0 Å². The Kier molecular flexibility index (Phi) is 4.39. The third-order valence-electron chi connectivity index (χ3n) is 3.30. The summed E-state index contributed by atoms with van der Waals surface area (Å²) in [5.41, 5.74) is 3.00. The Bertz CT molecular complexity index is 442. The molecule has 1 atom stereocenters. The minimum Gasteiger partial charge on any atom is -0.354 e. The average Bonchev–Trinajstić information content (AvgIpc) is 2.43. The van der Waals surface area contributed by atoms with Crippen molar-refractivity contribution in [1.82, 2.24) is 4.90 Å². The number of para-hydroxylation sites is 1. The number of amides is 2. The fourth-order valence-electron chi connectivity index (χ4n) is 2.14. The number of nitrogens with one attached hydrogen (secondary N) is 1. The van der Waals surface area contributed by atoms with Crippen LogP contribution in [-0.2, 0) is 9.47 Å². The Morgan fingerprint density at radius 3 is 2.74 bits per heavy atom. The predicted molar refractivity (Wildman–Crippen MR) is 73.3 cm³/mol. The number of carbonyl (C=O) groups excluding carboxylic acids is 1. The molecule has 1 heterocycles. The van der Waals surface area contributed by atoms with Crippen LogP contribution < -0.4 is 5.32 Å². The lowest BCUT2D eigenvalue weighted by Crippen LogP contribution is -2.48. The van der Waals surface area contributed by atoms with E-state index in [1.807, 2.05) is 32.0 Å². The molecule has 19 heavy (non-hydrogen) atoms. The van der Waals surface area contributed by atoms with Gasteiger partial charge in [-0.1, -0.05) is 18.2 Å². The molecule has 5 nitrogen and oxygen atoms in total. The van der Waals surface area contributed by atoms with Crippen molar-refractivity contribution < 1.29 is 14.3 Å². The molecule has 1 aliphatic heterocycles. The molecule has 1 aromatic rings. The molecular formula is C14H20N2O3. The molecular weight excluding hydrogens is 244 g/mol. The number of carbonyl (C=O) groups is 1. The first-order valence-electron chi connectivity index (χ1n) is 6.38. The first kappa shape index (κ1) is 13.8. The molecule has 1 fully saturated rings. The SMILES string of the molecule is COC1CN(C(=O)Nc2c(C)cccc2C)CCO1. The lowest BCUT2D eigenvalue weighted by atomic mass is 10.1.